The second-order valence-electron chi connectivity index (χ2n) is 4.92. The molecule has 0 aromatic heterocycles. The van der Waals surface area contributed by atoms with Gasteiger partial charge in [-0.1, -0.05) is 6.92 Å². The van der Waals surface area contributed by atoms with Crippen LogP contribution in [0.5, 0.6) is 0 Å². The maximum absolute atomic E-state index is 10.2. The number of rotatable bonds is 3. The van der Waals surface area contributed by atoms with Gasteiger partial charge >= 0.3 is 0 Å². The van der Waals surface area contributed by atoms with Crippen LogP contribution in [0.2, 0.25) is 0 Å². The van der Waals surface area contributed by atoms with Crippen LogP contribution >= 0.6 is 0 Å². The van der Waals surface area contributed by atoms with Crippen LogP contribution in [0, 0.1) is 0 Å². The second-order valence-corrected chi connectivity index (χ2v) is 4.92. The van der Waals surface area contributed by atoms with Crippen LogP contribution in [0.1, 0.15) is 33.6 Å². The Kier molecular flexibility index (Phi) is 5.16. The summed E-state index contributed by atoms with van der Waals surface area (Å²) in [5.74, 6) is -0.713. The van der Waals surface area contributed by atoms with E-state index in [0.717, 1.165) is 0 Å². The molecule has 1 unspecified atom stereocenters. The molecule has 0 saturated carbocycles. The largest absolute Gasteiger partial charge is 0.396 e. The van der Waals surface area contributed by atoms with Crippen LogP contribution in [0.4, 0.5) is 0 Å². The van der Waals surface area contributed by atoms with E-state index in [2.05, 4.69) is 0 Å². The second kappa shape index (κ2) is 5.49. The Morgan fingerprint density at radius 1 is 1.18 bits per heavy atom. The van der Waals surface area contributed by atoms with Crippen molar-refractivity contribution in [3.63, 3.8) is 0 Å². The summed E-state index contributed by atoms with van der Waals surface area (Å²) in [6, 6.07) is 0. The smallest absolute Gasteiger partial charge is 0.190 e. The van der Waals surface area contributed by atoms with Crippen molar-refractivity contribution in [3.8, 4) is 0 Å². The van der Waals surface area contributed by atoms with Gasteiger partial charge in [-0.15, -0.1) is 0 Å². The Morgan fingerprint density at radius 3 is 2.29 bits per heavy atom. The van der Waals surface area contributed by atoms with E-state index in [0.29, 0.717) is 12.8 Å². The minimum absolute atomic E-state index is 0. The quantitative estimate of drug-likeness (QED) is 0.787. The zero-order valence-electron chi connectivity index (χ0n) is 10.5. The third kappa shape index (κ3) is 2.76. The maximum atomic E-state index is 10.2. The van der Waals surface area contributed by atoms with E-state index >= 15 is 0 Å². The molecule has 0 aromatic rings. The van der Waals surface area contributed by atoms with Crippen molar-refractivity contribution < 1.29 is 57.1 Å². The molecule has 0 aromatic carbocycles. The molecule has 97 valence electrons. The first-order chi connectivity index (χ1) is 7.44. The van der Waals surface area contributed by atoms with Crippen molar-refractivity contribution in [2.24, 2.45) is 0 Å². The summed E-state index contributed by atoms with van der Waals surface area (Å²) in [7, 11) is 0. The molecule has 2 N–H and O–H groups in total. The molecule has 0 spiro atoms. The molecule has 0 aliphatic carbocycles. The Morgan fingerprint density at radius 2 is 1.82 bits per heavy atom. The topological polar surface area (TPSA) is 68.2 Å². The third-order valence-electron chi connectivity index (χ3n) is 3.42. The number of hydrogen-bond donors (Lipinski definition) is 2. The molecule has 5 nitrogen and oxygen atoms in total. The van der Waals surface area contributed by atoms with Gasteiger partial charge in [0.25, 0.3) is 0 Å². The van der Waals surface area contributed by atoms with Crippen LogP contribution in [0.25, 0.3) is 0 Å². The molecule has 17 heavy (non-hydrogen) atoms. The van der Waals surface area contributed by atoms with Crippen molar-refractivity contribution in [1.82, 2.24) is 0 Å². The van der Waals surface area contributed by atoms with Gasteiger partial charge in [-0.05, 0) is 20.3 Å². The minimum Gasteiger partial charge on any atom is -0.396 e. The predicted octanol–water partition coefficient (Wildman–Crippen LogP) is 0.384. The van der Waals surface area contributed by atoms with E-state index in [1.165, 1.54) is 0 Å². The first kappa shape index (κ1) is 16.0. The molecule has 6 heteroatoms. The summed E-state index contributed by atoms with van der Waals surface area (Å²) in [5.41, 5.74) is -0.736. The molecule has 1 radical (unpaired) electrons. The fourth-order valence-electron chi connectivity index (χ4n) is 2.53. The number of aliphatic hydroxyl groups excluding tert-OH is 2. The Balaban J connectivity index is 0.00000144. The Hall–Kier alpha value is 0.904. The zero-order chi connectivity index (χ0) is 12.0. The van der Waals surface area contributed by atoms with Gasteiger partial charge in [0.2, 0.25) is 0 Å². The van der Waals surface area contributed by atoms with Crippen LogP contribution in [-0.2, 0) is 46.9 Å². The van der Waals surface area contributed by atoms with Crippen molar-refractivity contribution in [3.05, 3.63) is 0 Å². The van der Waals surface area contributed by atoms with E-state index in [4.69, 9.17) is 19.3 Å². The van der Waals surface area contributed by atoms with Crippen molar-refractivity contribution in [2.45, 2.75) is 63.5 Å². The van der Waals surface area contributed by atoms with Crippen LogP contribution in [0.3, 0.4) is 0 Å². The Bertz CT molecular complexity index is 273. The standard InChI is InChI=1S/C11H20O5.Y/c1-4-11(5-6-12)8(13)7-9(16-11)15-10(2,3)14-7;/h7-9,12-13H,4-6H2,1-3H3;/t7-,8?,9+,11-;/m0./s1. The molecule has 2 aliphatic rings. The zero-order valence-corrected chi connectivity index (χ0v) is 13.4. The third-order valence-corrected chi connectivity index (χ3v) is 3.42. The number of fused-ring (bicyclic) bond motifs is 1. The monoisotopic (exact) mass is 321 g/mol. The van der Waals surface area contributed by atoms with Gasteiger partial charge < -0.3 is 24.4 Å². The fourth-order valence-corrected chi connectivity index (χ4v) is 2.53. The van der Waals surface area contributed by atoms with Crippen molar-refractivity contribution >= 4 is 0 Å². The van der Waals surface area contributed by atoms with Gasteiger partial charge in [0.1, 0.15) is 17.8 Å². The molecule has 2 fully saturated rings. The summed E-state index contributed by atoms with van der Waals surface area (Å²) in [6.07, 6.45) is -0.728. The average Bonchev–Trinajstić information content (AvgIpc) is 2.62. The molecule has 2 heterocycles. The summed E-state index contributed by atoms with van der Waals surface area (Å²) < 4.78 is 16.9. The summed E-state index contributed by atoms with van der Waals surface area (Å²) in [4.78, 5) is 0. The maximum Gasteiger partial charge on any atom is 0.190 e. The van der Waals surface area contributed by atoms with Gasteiger partial charge in [0.05, 0.1) is 0 Å². The predicted molar refractivity (Wildman–Crippen MR) is 55.6 cm³/mol. The minimum atomic E-state index is -0.753. The van der Waals surface area contributed by atoms with Gasteiger partial charge in [-0.3, -0.25) is 0 Å². The summed E-state index contributed by atoms with van der Waals surface area (Å²) >= 11 is 0. The van der Waals surface area contributed by atoms with E-state index in [1.807, 2.05) is 6.92 Å². The molecular weight excluding hydrogens is 301 g/mol. The normalized spacial score (nSPS) is 43.2. The molecule has 0 bridgehead atoms. The summed E-state index contributed by atoms with van der Waals surface area (Å²) in [6.45, 7) is 5.49. The molecule has 2 saturated heterocycles. The van der Waals surface area contributed by atoms with Crippen molar-refractivity contribution in [1.29, 1.82) is 0 Å². The molecular formula is C11H20O5Y. The number of aliphatic hydroxyl groups is 2. The SMILES string of the molecule is CC[C@@]1(CCO)O[C@H]2OC(C)(C)O[C@H]2C1O.[Y]. The van der Waals surface area contributed by atoms with Crippen LogP contribution < -0.4 is 0 Å². The van der Waals surface area contributed by atoms with E-state index in [1.54, 1.807) is 13.8 Å². The average molecular weight is 321 g/mol. The van der Waals surface area contributed by atoms with E-state index in [-0.39, 0.29) is 39.3 Å². The van der Waals surface area contributed by atoms with Gasteiger partial charge in [-0.2, -0.15) is 0 Å². The first-order valence-corrected chi connectivity index (χ1v) is 5.76. The molecule has 0 amide bonds. The number of ether oxygens (including phenoxy) is 3. The van der Waals surface area contributed by atoms with Gasteiger partial charge in [-0.25, -0.2) is 0 Å². The number of hydrogen-bond acceptors (Lipinski definition) is 5. The van der Waals surface area contributed by atoms with Gasteiger partial charge in [0, 0.05) is 45.7 Å². The van der Waals surface area contributed by atoms with Gasteiger partial charge in [0.15, 0.2) is 12.1 Å². The first-order valence-electron chi connectivity index (χ1n) is 5.76. The fraction of sp³-hybridized carbons (Fsp3) is 1.00. The van der Waals surface area contributed by atoms with Crippen LogP contribution in [-0.4, -0.2) is 46.7 Å². The van der Waals surface area contributed by atoms with Crippen molar-refractivity contribution in [2.75, 3.05) is 6.61 Å². The molecule has 4 atom stereocenters. The van der Waals surface area contributed by atoms with E-state index < -0.39 is 29.9 Å². The molecule has 2 rings (SSSR count). The Labute approximate surface area is 127 Å². The van der Waals surface area contributed by atoms with Crippen LogP contribution in [0.15, 0.2) is 0 Å². The summed E-state index contributed by atoms with van der Waals surface area (Å²) in [5, 5.41) is 19.3. The molecule has 2 aliphatic heterocycles. The van der Waals surface area contributed by atoms with E-state index in [9.17, 15) is 5.11 Å².